The van der Waals surface area contributed by atoms with Crippen LogP contribution in [0.1, 0.15) is 16.7 Å². The van der Waals surface area contributed by atoms with Crippen LogP contribution in [0.3, 0.4) is 0 Å². The second-order valence-electron chi connectivity index (χ2n) is 4.49. The second kappa shape index (κ2) is 7.32. The van der Waals surface area contributed by atoms with Gasteiger partial charge >= 0.3 is 0 Å². The van der Waals surface area contributed by atoms with Crippen LogP contribution in [0.2, 0.25) is 0 Å². The lowest BCUT2D eigenvalue weighted by Crippen LogP contribution is -1.96. The van der Waals surface area contributed by atoms with Crippen LogP contribution in [0.15, 0.2) is 42.5 Å². The van der Waals surface area contributed by atoms with Gasteiger partial charge in [-0.15, -0.1) is 0 Å². The fourth-order valence-corrected chi connectivity index (χ4v) is 1.97. The van der Waals surface area contributed by atoms with E-state index < -0.39 is 0 Å². The van der Waals surface area contributed by atoms with E-state index in [1.54, 1.807) is 20.3 Å². The number of ether oxygens (including phenoxy) is 3. The number of rotatable bonds is 6. The highest BCUT2D eigenvalue weighted by Crippen LogP contribution is 2.20. The molecular weight excluding hydrogens is 266 g/mol. The first-order valence-electron chi connectivity index (χ1n) is 6.54. The summed E-state index contributed by atoms with van der Waals surface area (Å²) >= 11 is 0. The van der Waals surface area contributed by atoms with Crippen LogP contribution >= 0.6 is 0 Å². The molecule has 0 radical (unpaired) electrons. The highest BCUT2D eigenvalue weighted by molar-refractivity contribution is 5.45. The molecule has 0 aromatic heterocycles. The molecule has 0 saturated carbocycles. The van der Waals surface area contributed by atoms with Crippen molar-refractivity contribution in [2.45, 2.75) is 13.2 Å². The van der Waals surface area contributed by atoms with Crippen molar-refractivity contribution in [2.75, 3.05) is 14.2 Å². The number of nitrogens with zero attached hydrogens (tertiary/aromatic N) is 1. The first-order valence-corrected chi connectivity index (χ1v) is 6.54. The Morgan fingerprint density at radius 2 is 1.71 bits per heavy atom. The summed E-state index contributed by atoms with van der Waals surface area (Å²) in [5.74, 6) is 1.39. The van der Waals surface area contributed by atoms with Crippen LogP contribution in [-0.4, -0.2) is 14.2 Å². The molecule has 108 valence electrons. The van der Waals surface area contributed by atoms with E-state index in [1.807, 2.05) is 36.4 Å². The summed E-state index contributed by atoms with van der Waals surface area (Å²) in [6, 6.07) is 15.3. The van der Waals surface area contributed by atoms with Gasteiger partial charge in [-0.25, -0.2) is 0 Å². The molecule has 0 aliphatic heterocycles. The molecule has 0 aliphatic carbocycles. The molecule has 2 rings (SSSR count). The van der Waals surface area contributed by atoms with E-state index in [4.69, 9.17) is 19.5 Å². The SMILES string of the molecule is COc1cccc(COCc2ccc(C#N)c(OC)c2)c1. The van der Waals surface area contributed by atoms with Crippen LogP contribution in [0, 0.1) is 11.3 Å². The van der Waals surface area contributed by atoms with Crippen molar-refractivity contribution in [1.82, 2.24) is 0 Å². The molecule has 0 saturated heterocycles. The molecular formula is C17H17NO3. The molecule has 0 aliphatic rings. The molecule has 2 aromatic rings. The maximum absolute atomic E-state index is 8.94. The van der Waals surface area contributed by atoms with E-state index in [0.717, 1.165) is 16.9 Å². The summed E-state index contributed by atoms with van der Waals surface area (Å²) in [7, 11) is 3.19. The zero-order valence-corrected chi connectivity index (χ0v) is 12.1. The first-order chi connectivity index (χ1) is 10.3. The lowest BCUT2D eigenvalue weighted by Gasteiger charge is -2.08. The summed E-state index contributed by atoms with van der Waals surface area (Å²) in [6.45, 7) is 0.957. The minimum Gasteiger partial charge on any atom is -0.497 e. The van der Waals surface area contributed by atoms with Gasteiger partial charge in [0.2, 0.25) is 0 Å². The normalized spacial score (nSPS) is 9.95. The Labute approximate surface area is 124 Å². The molecule has 0 atom stereocenters. The minimum absolute atomic E-state index is 0.458. The van der Waals surface area contributed by atoms with Gasteiger partial charge in [0.05, 0.1) is 33.0 Å². The molecule has 0 amide bonds. The summed E-state index contributed by atoms with van der Waals surface area (Å²) in [5, 5.41) is 8.94. The first kappa shape index (κ1) is 14.9. The van der Waals surface area contributed by atoms with Crippen molar-refractivity contribution in [3.05, 3.63) is 59.2 Å². The molecule has 0 heterocycles. The van der Waals surface area contributed by atoms with Crippen LogP contribution in [0.5, 0.6) is 11.5 Å². The molecule has 4 nitrogen and oxygen atoms in total. The van der Waals surface area contributed by atoms with Gasteiger partial charge in [0.15, 0.2) is 0 Å². The summed E-state index contributed by atoms with van der Waals surface area (Å²) in [6.07, 6.45) is 0. The van der Waals surface area contributed by atoms with Crippen LogP contribution < -0.4 is 9.47 Å². The third kappa shape index (κ3) is 3.98. The molecule has 0 N–H and O–H groups in total. The van der Waals surface area contributed by atoms with Crippen molar-refractivity contribution in [2.24, 2.45) is 0 Å². The van der Waals surface area contributed by atoms with Gasteiger partial charge in [-0.2, -0.15) is 5.26 Å². The largest absolute Gasteiger partial charge is 0.497 e. The lowest BCUT2D eigenvalue weighted by atomic mass is 10.1. The van der Waals surface area contributed by atoms with Crippen molar-refractivity contribution >= 4 is 0 Å². The summed E-state index contributed by atoms with van der Waals surface area (Å²) < 4.78 is 16.0. The Bertz CT molecular complexity index is 647. The number of hydrogen-bond acceptors (Lipinski definition) is 4. The van der Waals surface area contributed by atoms with Crippen molar-refractivity contribution in [3.63, 3.8) is 0 Å². The van der Waals surface area contributed by atoms with Gasteiger partial charge in [0.1, 0.15) is 17.6 Å². The molecule has 0 spiro atoms. The topological polar surface area (TPSA) is 51.5 Å². The van der Waals surface area contributed by atoms with Gasteiger partial charge < -0.3 is 14.2 Å². The number of nitriles is 1. The van der Waals surface area contributed by atoms with Gasteiger partial charge in [-0.3, -0.25) is 0 Å². The average Bonchev–Trinajstić information content (AvgIpc) is 2.55. The highest BCUT2D eigenvalue weighted by atomic mass is 16.5. The predicted molar refractivity (Wildman–Crippen MR) is 79.2 cm³/mol. The van der Waals surface area contributed by atoms with Crippen molar-refractivity contribution in [1.29, 1.82) is 5.26 Å². The van der Waals surface area contributed by atoms with E-state index in [1.165, 1.54) is 0 Å². The zero-order chi connectivity index (χ0) is 15.1. The number of methoxy groups -OCH3 is 2. The number of hydrogen-bond donors (Lipinski definition) is 0. The second-order valence-corrected chi connectivity index (χ2v) is 4.49. The van der Waals surface area contributed by atoms with Crippen LogP contribution in [0.4, 0.5) is 0 Å². The molecule has 4 heteroatoms. The van der Waals surface area contributed by atoms with E-state index in [0.29, 0.717) is 24.5 Å². The minimum atomic E-state index is 0.458. The van der Waals surface area contributed by atoms with Crippen molar-refractivity contribution < 1.29 is 14.2 Å². The maximum atomic E-state index is 8.94. The van der Waals surface area contributed by atoms with Crippen LogP contribution in [0.25, 0.3) is 0 Å². The lowest BCUT2D eigenvalue weighted by molar-refractivity contribution is 0.107. The fraction of sp³-hybridized carbons (Fsp3) is 0.235. The maximum Gasteiger partial charge on any atom is 0.136 e. The van der Waals surface area contributed by atoms with Gasteiger partial charge in [-0.05, 0) is 35.4 Å². The van der Waals surface area contributed by atoms with Gasteiger partial charge in [0.25, 0.3) is 0 Å². The average molecular weight is 283 g/mol. The third-order valence-electron chi connectivity index (χ3n) is 3.06. The molecule has 21 heavy (non-hydrogen) atoms. The van der Waals surface area contributed by atoms with E-state index in [9.17, 15) is 0 Å². The number of benzene rings is 2. The van der Waals surface area contributed by atoms with E-state index in [-0.39, 0.29) is 0 Å². The van der Waals surface area contributed by atoms with Gasteiger partial charge in [-0.1, -0.05) is 18.2 Å². The third-order valence-corrected chi connectivity index (χ3v) is 3.06. The fourth-order valence-electron chi connectivity index (χ4n) is 1.97. The van der Waals surface area contributed by atoms with Crippen LogP contribution in [-0.2, 0) is 18.0 Å². The van der Waals surface area contributed by atoms with E-state index >= 15 is 0 Å². The standard InChI is InChI=1S/C17H17NO3/c1-19-16-5-3-4-13(8-16)11-21-12-14-6-7-15(10-18)17(9-14)20-2/h3-9H,11-12H2,1-2H3. The Morgan fingerprint density at radius 3 is 2.38 bits per heavy atom. The molecule has 0 bridgehead atoms. The summed E-state index contributed by atoms with van der Waals surface area (Å²) in [4.78, 5) is 0. The van der Waals surface area contributed by atoms with E-state index in [2.05, 4.69) is 6.07 Å². The smallest absolute Gasteiger partial charge is 0.136 e. The predicted octanol–water partition coefficient (Wildman–Crippen LogP) is 3.29. The van der Waals surface area contributed by atoms with Crippen molar-refractivity contribution in [3.8, 4) is 17.6 Å². The Kier molecular flexibility index (Phi) is 5.19. The molecule has 2 aromatic carbocycles. The Morgan fingerprint density at radius 1 is 0.952 bits per heavy atom. The monoisotopic (exact) mass is 283 g/mol. The Hall–Kier alpha value is -2.51. The quantitative estimate of drug-likeness (QED) is 0.816. The zero-order valence-electron chi connectivity index (χ0n) is 12.1. The Balaban J connectivity index is 1.95. The van der Waals surface area contributed by atoms with Gasteiger partial charge in [0, 0.05) is 0 Å². The molecule has 0 fully saturated rings. The highest BCUT2D eigenvalue weighted by Gasteiger charge is 2.04. The molecule has 0 unspecified atom stereocenters. The summed E-state index contributed by atoms with van der Waals surface area (Å²) in [5.41, 5.74) is 2.54.